The van der Waals surface area contributed by atoms with Crippen LogP contribution in [-0.4, -0.2) is 67.0 Å². The van der Waals surface area contributed by atoms with Gasteiger partial charge in [0.1, 0.15) is 5.75 Å². The summed E-state index contributed by atoms with van der Waals surface area (Å²) in [5.74, 6) is -0.125. The van der Waals surface area contributed by atoms with E-state index in [9.17, 15) is 14.4 Å². The quantitative estimate of drug-likeness (QED) is 0.708. The minimum atomic E-state index is -0.532. The van der Waals surface area contributed by atoms with Crippen molar-refractivity contribution in [3.8, 4) is 5.75 Å². The fourth-order valence-corrected chi connectivity index (χ4v) is 3.49. The topological polar surface area (TPSA) is 105 Å². The summed E-state index contributed by atoms with van der Waals surface area (Å²) in [6.45, 7) is 4.87. The molecule has 0 unspecified atom stereocenters. The second-order valence-electron chi connectivity index (χ2n) is 7.27. The lowest BCUT2D eigenvalue weighted by Crippen LogP contribution is -2.53. The van der Waals surface area contributed by atoms with Crippen molar-refractivity contribution >= 4 is 17.8 Å². The van der Waals surface area contributed by atoms with Gasteiger partial charge in [-0.05, 0) is 36.8 Å². The molecule has 8 nitrogen and oxygen atoms in total. The molecule has 2 aromatic rings. The number of carbonyl (C=O) groups is 3. The minimum absolute atomic E-state index is 0.0441. The molecule has 1 saturated heterocycles. The molecule has 0 bridgehead atoms. The van der Waals surface area contributed by atoms with E-state index in [0.29, 0.717) is 62.6 Å². The number of primary amides is 1. The molecule has 31 heavy (non-hydrogen) atoms. The first kappa shape index (κ1) is 22.1. The lowest BCUT2D eigenvalue weighted by Gasteiger charge is -2.34. The molecule has 1 aliphatic rings. The van der Waals surface area contributed by atoms with Gasteiger partial charge in [-0.15, -0.1) is 0 Å². The molecule has 1 fully saturated rings. The Bertz CT molecular complexity index is 939. The highest BCUT2D eigenvalue weighted by Crippen LogP contribution is 2.18. The maximum atomic E-state index is 12.9. The van der Waals surface area contributed by atoms with E-state index in [-0.39, 0.29) is 11.9 Å². The van der Waals surface area contributed by atoms with Crippen molar-refractivity contribution in [2.45, 2.75) is 13.3 Å². The number of carbonyl (C=O) groups excluding carboxylic acids is 3. The Labute approximate surface area is 182 Å². The molecule has 2 aromatic carbocycles. The number of ether oxygens (including phenoxy) is 1. The molecule has 0 atom stereocenters. The summed E-state index contributed by atoms with van der Waals surface area (Å²) in [5.41, 5.74) is 7.29. The molecule has 0 aromatic heterocycles. The lowest BCUT2D eigenvalue weighted by atomic mass is 10.1. The Morgan fingerprint density at radius 2 is 1.71 bits per heavy atom. The first-order chi connectivity index (χ1) is 15.0. The zero-order valence-corrected chi connectivity index (χ0v) is 17.7. The van der Waals surface area contributed by atoms with Gasteiger partial charge < -0.3 is 25.6 Å². The molecule has 0 radical (unpaired) electrons. The molecule has 0 aliphatic carbocycles. The van der Waals surface area contributed by atoms with E-state index >= 15 is 0 Å². The fourth-order valence-electron chi connectivity index (χ4n) is 3.49. The van der Waals surface area contributed by atoms with E-state index in [1.165, 1.54) is 0 Å². The summed E-state index contributed by atoms with van der Waals surface area (Å²) in [7, 11) is 0. The van der Waals surface area contributed by atoms with E-state index in [0.717, 1.165) is 5.56 Å². The number of piperazine rings is 1. The van der Waals surface area contributed by atoms with E-state index < -0.39 is 5.91 Å². The van der Waals surface area contributed by atoms with Gasteiger partial charge in [0, 0.05) is 44.7 Å². The van der Waals surface area contributed by atoms with Gasteiger partial charge in [-0.25, -0.2) is 4.79 Å². The molecule has 3 rings (SSSR count). The van der Waals surface area contributed by atoms with Crippen molar-refractivity contribution in [1.29, 1.82) is 0 Å². The van der Waals surface area contributed by atoms with Gasteiger partial charge in [0.2, 0.25) is 0 Å². The third-order valence-corrected chi connectivity index (χ3v) is 5.16. The van der Waals surface area contributed by atoms with Gasteiger partial charge in [0.25, 0.3) is 11.8 Å². The highest BCUT2D eigenvalue weighted by Gasteiger charge is 2.24. The predicted octanol–water partition coefficient (Wildman–Crippen LogP) is 1.89. The van der Waals surface area contributed by atoms with Gasteiger partial charge in [-0.3, -0.25) is 9.59 Å². The maximum absolute atomic E-state index is 12.9. The molecule has 164 valence electrons. The normalized spacial score (nSPS) is 13.6. The highest BCUT2D eigenvalue weighted by atomic mass is 16.5. The summed E-state index contributed by atoms with van der Waals surface area (Å²) in [6.07, 6.45) is 0.583. The van der Waals surface area contributed by atoms with Crippen LogP contribution < -0.4 is 15.8 Å². The van der Waals surface area contributed by atoms with Crippen LogP contribution in [0.2, 0.25) is 0 Å². The minimum Gasteiger partial charge on any atom is -0.492 e. The van der Waals surface area contributed by atoms with E-state index in [1.807, 2.05) is 25.1 Å². The zero-order chi connectivity index (χ0) is 22.2. The summed E-state index contributed by atoms with van der Waals surface area (Å²) in [5, 5.41) is 2.79. The molecule has 4 amide bonds. The monoisotopic (exact) mass is 424 g/mol. The SMILES string of the molecule is CCNC(=O)N1CCN(C(=O)c2cccc(CCOc3ccccc3C(N)=O)c2)CC1. The van der Waals surface area contributed by atoms with Crippen LogP contribution in [0.4, 0.5) is 4.79 Å². The number of rotatable bonds is 7. The first-order valence-electron chi connectivity index (χ1n) is 10.4. The van der Waals surface area contributed by atoms with Crippen molar-refractivity contribution in [2.75, 3.05) is 39.3 Å². The molecule has 8 heteroatoms. The number of nitrogens with zero attached hydrogens (tertiary/aromatic N) is 2. The van der Waals surface area contributed by atoms with Crippen LogP contribution in [0.15, 0.2) is 48.5 Å². The van der Waals surface area contributed by atoms with Crippen LogP contribution in [0.1, 0.15) is 33.2 Å². The molecular weight excluding hydrogens is 396 g/mol. The summed E-state index contributed by atoms with van der Waals surface area (Å²) >= 11 is 0. The summed E-state index contributed by atoms with van der Waals surface area (Å²) in [6, 6.07) is 14.2. The number of nitrogens with one attached hydrogen (secondary N) is 1. The number of benzene rings is 2. The molecule has 0 saturated carbocycles. The van der Waals surface area contributed by atoms with Crippen molar-refractivity contribution in [1.82, 2.24) is 15.1 Å². The largest absolute Gasteiger partial charge is 0.492 e. The summed E-state index contributed by atoms with van der Waals surface area (Å²) < 4.78 is 5.73. The van der Waals surface area contributed by atoms with Crippen LogP contribution in [0.5, 0.6) is 5.75 Å². The molecule has 3 N–H and O–H groups in total. The molecule has 1 heterocycles. The summed E-state index contributed by atoms with van der Waals surface area (Å²) in [4.78, 5) is 39.8. The van der Waals surface area contributed by atoms with Crippen LogP contribution >= 0.6 is 0 Å². The Morgan fingerprint density at radius 3 is 2.42 bits per heavy atom. The third-order valence-electron chi connectivity index (χ3n) is 5.16. The number of hydrogen-bond donors (Lipinski definition) is 2. The second kappa shape index (κ2) is 10.5. The predicted molar refractivity (Wildman–Crippen MR) is 117 cm³/mol. The third kappa shape index (κ3) is 5.75. The molecule has 0 spiro atoms. The molecule has 1 aliphatic heterocycles. The van der Waals surface area contributed by atoms with Crippen LogP contribution in [0.3, 0.4) is 0 Å². The van der Waals surface area contributed by atoms with Gasteiger partial charge in [-0.2, -0.15) is 0 Å². The van der Waals surface area contributed by atoms with Gasteiger partial charge >= 0.3 is 6.03 Å². The molecular formula is C23H28N4O4. The Morgan fingerprint density at radius 1 is 1.00 bits per heavy atom. The second-order valence-corrected chi connectivity index (χ2v) is 7.27. The Kier molecular flexibility index (Phi) is 7.48. The number of urea groups is 1. The van der Waals surface area contributed by atoms with E-state index in [4.69, 9.17) is 10.5 Å². The smallest absolute Gasteiger partial charge is 0.317 e. The van der Waals surface area contributed by atoms with E-state index in [1.54, 1.807) is 40.1 Å². The number of hydrogen-bond acceptors (Lipinski definition) is 4. The lowest BCUT2D eigenvalue weighted by molar-refractivity contribution is 0.0665. The number of amides is 4. The number of para-hydroxylation sites is 1. The average Bonchev–Trinajstić information content (AvgIpc) is 2.79. The fraction of sp³-hybridized carbons (Fsp3) is 0.348. The van der Waals surface area contributed by atoms with Crippen LogP contribution in [0.25, 0.3) is 0 Å². The van der Waals surface area contributed by atoms with E-state index in [2.05, 4.69) is 5.32 Å². The van der Waals surface area contributed by atoms with Crippen molar-refractivity contribution in [3.05, 3.63) is 65.2 Å². The van der Waals surface area contributed by atoms with Gasteiger partial charge in [-0.1, -0.05) is 24.3 Å². The van der Waals surface area contributed by atoms with Crippen molar-refractivity contribution in [3.63, 3.8) is 0 Å². The Balaban J connectivity index is 1.55. The Hall–Kier alpha value is -3.55. The number of nitrogens with two attached hydrogens (primary N) is 1. The van der Waals surface area contributed by atoms with Crippen LogP contribution in [-0.2, 0) is 6.42 Å². The van der Waals surface area contributed by atoms with Gasteiger partial charge in [0.15, 0.2) is 0 Å². The standard InChI is InChI=1S/C23H28N4O4/c1-2-25-23(30)27-13-11-26(12-14-27)22(29)18-7-5-6-17(16-18)10-15-31-20-9-4-3-8-19(20)21(24)28/h3-9,16H,2,10-15H2,1H3,(H2,24,28)(H,25,30). The average molecular weight is 425 g/mol. The highest BCUT2D eigenvalue weighted by molar-refractivity contribution is 5.95. The van der Waals surface area contributed by atoms with Crippen molar-refractivity contribution in [2.24, 2.45) is 5.73 Å². The van der Waals surface area contributed by atoms with Crippen molar-refractivity contribution < 1.29 is 19.1 Å². The van der Waals surface area contributed by atoms with Gasteiger partial charge in [0.05, 0.1) is 12.2 Å². The first-order valence-corrected chi connectivity index (χ1v) is 10.4. The maximum Gasteiger partial charge on any atom is 0.317 e. The zero-order valence-electron chi connectivity index (χ0n) is 17.7. The van der Waals surface area contributed by atoms with Crippen LogP contribution in [0, 0.1) is 0 Å².